The molecule has 35 heavy (non-hydrogen) atoms. The number of aliphatic carboxylic acids is 1. The molecular formula is C27H35N3O4S. The molecule has 1 aliphatic heterocycles. The number of nitrogens with one attached hydrogen (secondary N) is 2. The second-order valence-corrected chi connectivity index (χ2v) is 10.7. The van der Waals surface area contributed by atoms with E-state index in [0.29, 0.717) is 24.3 Å². The van der Waals surface area contributed by atoms with Crippen LogP contribution >= 0.6 is 11.8 Å². The summed E-state index contributed by atoms with van der Waals surface area (Å²) in [4.78, 5) is 43.5. The largest absolute Gasteiger partial charge is 0.481 e. The summed E-state index contributed by atoms with van der Waals surface area (Å²) in [6.07, 6.45) is 13.4. The van der Waals surface area contributed by atoms with Crippen molar-refractivity contribution in [2.24, 2.45) is 17.8 Å². The van der Waals surface area contributed by atoms with Gasteiger partial charge in [-0.1, -0.05) is 24.3 Å². The average Bonchev–Trinajstić information content (AvgIpc) is 3.14. The van der Waals surface area contributed by atoms with Gasteiger partial charge in [0.15, 0.2) is 0 Å². The third-order valence-electron chi connectivity index (χ3n) is 7.90. The summed E-state index contributed by atoms with van der Waals surface area (Å²) >= 11 is 1.50. The topological polar surface area (TPSA) is 103 Å². The van der Waals surface area contributed by atoms with Gasteiger partial charge >= 0.3 is 5.97 Å². The van der Waals surface area contributed by atoms with Gasteiger partial charge in [-0.15, -0.1) is 11.8 Å². The Hall–Kier alpha value is -2.74. The lowest BCUT2D eigenvalue weighted by Crippen LogP contribution is -2.44. The molecule has 1 saturated carbocycles. The molecule has 1 aromatic heterocycles. The lowest BCUT2D eigenvalue weighted by molar-refractivity contribution is -0.143. The molecule has 0 aromatic carbocycles. The number of carbonyl (C=O) groups excluding carboxylic acids is 1. The Labute approximate surface area is 210 Å². The van der Waals surface area contributed by atoms with Crippen molar-refractivity contribution in [1.82, 2.24) is 15.2 Å². The van der Waals surface area contributed by atoms with Crippen LogP contribution in [0.3, 0.4) is 0 Å². The molecule has 3 atom stereocenters. The number of carboxylic acids is 1. The predicted octanol–water partition coefficient (Wildman–Crippen LogP) is 4.00. The van der Waals surface area contributed by atoms with E-state index in [4.69, 9.17) is 0 Å². The van der Waals surface area contributed by atoms with Gasteiger partial charge in [0.05, 0.1) is 12.0 Å². The van der Waals surface area contributed by atoms with Crippen LogP contribution in [0.2, 0.25) is 0 Å². The Morgan fingerprint density at radius 2 is 1.89 bits per heavy atom. The average molecular weight is 498 g/mol. The smallest absolute Gasteiger partial charge is 0.306 e. The van der Waals surface area contributed by atoms with Crippen molar-refractivity contribution in [2.75, 3.05) is 6.26 Å². The molecule has 4 rings (SSSR count). The number of aromatic nitrogens is 1. The van der Waals surface area contributed by atoms with Crippen molar-refractivity contribution in [3.05, 3.63) is 63.3 Å². The highest BCUT2D eigenvalue weighted by Crippen LogP contribution is 2.43. The number of hydrogen-bond acceptors (Lipinski definition) is 5. The molecule has 3 N–H and O–H groups in total. The number of carboxylic acid groups (broad SMARTS) is 1. The molecule has 0 spiro atoms. The third kappa shape index (κ3) is 4.99. The van der Waals surface area contributed by atoms with E-state index in [1.807, 2.05) is 38.3 Å². The number of rotatable bonds is 7. The lowest BCUT2D eigenvalue weighted by atomic mass is 9.78. The van der Waals surface area contributed by atoms with E-state index >= 15 is 0 Å². The van der Waals surface area contributed by atoms with Crippen LogP contribution in [0.5, 0.6) is 0 Å². The monoisotopic (exact) mass is 497 g/mol. The van der Waals surface area contributed by atoms with E-state index in [9.17, 15) is 19.5 Å². The SMILES string of the molecule is CSc1cc(C)[nH]c(=O)c1CNC(=O)C1=C(C)N([C@H](C)C2CCC(C(=O)O)CC2)C2C=CC=CC12. The minimum Gasteiger partial charge on any atom is -0.481 e. The summed E-state index contributed by atoms with van der Waals surface area (Å²) in [5.74, 6) is -0.734. The molecule has 1 amide bonds. The first-order chi connectivity index (χ1) is 16.7. The molecule has 0 bridgehead atoms. The van der Waals surface area contributed by atoms with Crippen LogP contribution in [-0.4, -0.2) is 45.2 Å². The van der Waals surface area contributed by atoms with Crippen molar-refractivity contribution >= 4 is 23.6 Å². The number of amides is 1. The van der Waals surface area contributed by atoms with Crippen molar-refractivity contribution in [1.29, 1.82) is 0 Å². The van der Waals surface area contributed by atoms with Gasteiger partial charge in [-0.3, -0.25) is 14.4 Å². The summed E-state index contributed by atoms with van der Waals surface area (Å²) in [6, 6.07) is 2.19. The number of aryl methyl sites for hydroxylation is 1. The first-order valence-corrected chi connectivity index (χ1v) is 13.6. The van der Waals surface area contributed by atoms with Gasteiger partial charge in [0.2, 0.25) is 5.91 Å². The number of fused-ring (bicyclic) bond motifs is 1. The van der Waals surface area contributed by atoms with E-state index < -0.39 is 5.97 Å². The van der Waals surface area contributed by atoms with Crippen molar-refractivity contribution in [2.45, 2.75) is 70.0 Å². The van der Waals surface area contributed by atoms with Gasteiger partial charge in [-0.05, 0) is 64.7 Å². The fraction of sp³-hybridized carbons (Fsp3) is 0.519. The number of hydrogen-bond donors (Lipinski definition) is 3. The van der Waals surface area contributed by atoms with Crippen LogP contribution in [0.1, 0.15) is 50.8 Å². The van der Waals surface area contributed by atoms with E-state index in [1.165, 1.54) is 11.8 Å². The van der Waals surface area contributed by atoms with Crippen molar-refractivity contribution in [3.63, 3.8) is 0 Å². The Balaban J connectivity index is 1.54. The maximum atomic E-state index is 13.5. The van der Waals surface area contributed by atoms with Crippen LogP contribution in [0, 0.1) is 24.7 Å². The second-order valence-electron chi connectivity index (χ2n) is 9.89. The normalized spacial score (nSPS) is 26.6. The molecule has 0 radical (unpaired) electrons. The molecule has 3 aliphatic rings. The first kappa shape index (κ1) is 25.4. The molecule has 1 aromatic rings. The Morgan fingerprint density at radius 1 is 1.20 bits per heavy atom. The zero-order chi connectivity index (χ0) is 25.3. The Kier molecular flexibility index (Phi) is 7.59. The van der Waals surface area contributed by atoms with E-state index in [0.717, 1.165) is 34.7 Å². The quantitative estimate of drug-likeness (QED) is 0.492. The molecule has 188 valence electrons. The van der Waals surface area contributed by atoms with Gasteiger partial charge in [0.1, 0.15) is 0 Å². The fourth-order valence-corrected chi connectivity index (χ4v) is 6.71. The van der Waals surface area contributed by atoms with Gasteiger partial charge < -0.3 is 20.3 Å². The van der Waals surface area contributed by atoms with Crippen LogP contribution < -0.4 is 10.9 Å². The molecule has 2 heterocycles. The lowest BCUT2D eigenvalue weighted by Gasteiger charge is -2.41. The van der Waals surface area contributed by atoms with E-state index in [-0.39, 0.29) is 41.9 Å². The molecule has 7 nitrogen and oxygen atoms in total. The maximum absolute atomic E-state index is 13.5. The minimum absolute atomic E-state index is 0.0471. The third-order valence-corrected chi connectivity index (χ3v) is 8.70. The van der Waals surface area contributed by atoms with Crippen LogP contribution in [0.4, 0.5) is 0 Å². The number of nitrogens with zero attached hydrogens (tertiary/aromatic N) is 1. The van der Waals surface area contributed by atoms with Crippen LogP contribution in [-0.2, 0) is 16.1 Å². The van der Waals surface area contributed by atoms with Crippen molar-refractivity contribution in [3.8, 4) is 0 Å². The summed E-state index contributed by atoms with van der Waals surface area (Å²) < 4.78 is 0. The van der Waals surface area contributed by atoms with Gasteiger partial charge in [0.25, 0.3) is 5.56 Å². The molecule has 2 unspecified atom stereocenters. The molecule has 2 aliphatic carbocycles. The van der Waals surface area contributed by atoms with E-state index in [1.54, 1.807) is 0 Å². The highest BCUT2D eigenvalue weighted by Gasteiger charge is 2.44. The molecule has 0 saturated heterocycles. The van der Waals surface area contributed by atoms with Crippen molar-refractivity contribution < 1.29 is 14.7 Å². The fourth-order valence-electron chi connectivity index (χ4n) is 6.00. The summed E-state index contributed by atoms with van der Waals surface area (Å²) in [5.41, 5.74) is 2.91. The number of aromatic amines is 1. The van der Waals surface area contributed by atoms with Crippen LogP contribution in [0.25, 0.3) is 0 Å². The molecule has 1 fully saturated rings. The van der Waals surface area contributed by atoms with Gasteiger partial charge in [0, 0.05) is 45.9 Å². The zero-order valence-corrected chi connectivity index (χ0v) is 21.7. The highest BCUT2D eigenvalue weighted by molar-refractivity contribution is 7.98. The van der Waals surface area contributed by atoms with Crippen LogP contribution in [0.15, 0.2) is 51.3 Å². The maximum Gasteiger partial charge on any atom is 0.306 e. The second kappa shape index (κ2) is 10.5. The first-order valence-electron chi connectivity index (χ1n) is 12.3. The number of pyridine rings is 1. The number of H-pyrrole nitrogens is 1. The number of allylic oxidation sites excluding steroid dienone is 3. The zero-order valence-electron chi connectivity index (χ0n) is 20.8. The predicted molar refractivity (Wildman–Crippen MR) is 138 cm³/mol. The minimum atomic E-state index is -0.690. The Morgan fingerprint density at radius 3 is 2.54 bits per heavy atom. The summed E-state index contributed by atoms with van der Waals surface area (Å²) in [6.45, 7) is 6.24. The summed E-state index contributed by atoms with van der Waals surface area (Å²) in [7, 11) is 0. The van der Waals surface area contributed by atoms with Gasteiger partial charge in [-0.25, -0.2) is 0 Å². The summed E-state index contributed by atoms with van der Waals surface area (Å²) in [5, 5.41) is 12.4. The molecular weight excluding hydrogens is 462 g/mol. The van der Waals surface area contributed by atoms with E-state index in [2.05, 4.69) is 34.3 Å². The van der Waals surface area contributed by atoms with Gasteiger partial charge in [-0.2, -0.15) is 0 Å². The number of thioether (sulfide) groups is 1. The highest BCUT2D eigenvalue weighted by atomic mass is 32.2. The Bertz CT molecular complexity index is 1140. The molecule has 8 heteroatoms. The standard InChI is InChI=1S/C27H35N3O4S/c1-15-13-23(35-4)21(25(31)29-15)14-28-26(32)24-17(3)30(22-8-6-5-7-20(22)24)16(2)18-9-11-19(12-10-18)27(33)34/h5-8,13,16,18-20,22H,9-12,14H2,1-4H3,(H,28,32)(H,29,31)(H,33,34)/t16-,18?,19?,20?,22?/m1/s1. The number of carbonyl (C=O) groups is 2.